The molecule has 1 rings (SSSR count). The molecule has 0 heterocycles. The number of hydrogen-bond donors (Lipinski definition) is 1. The lowest BCUT2D eigenvalue weighted by molar-refractivity contribution is -0.129. The third-order valence-corrected chi connectivity index (χ3v) is 3.29. The van der Waals surface area contributed by atoms with Gasteiger partial charge in [-0.05, 0) is 24.6 Å². The van der Waals surface area contributed by atoms with Crippen molar-refractivity contribution >= 4 is 46.3 Å². The fraction of sp³-hybridized carbons (Fsp3) is 0.333. The molecular formula is C12H14Cl2N2OS. The smallest absolute Gasteiger partial charge is 0.227 e. The highest BCUT2D eigenvalue weighted by Gasteiger charge is 2.13. The molecule has 0 aromatic heterocycles. The van der Waals surface area contributed by atoms with Gasteiger partial charge in [-0.15, -0.1) is 0 Å². The SMILES string of the molecule is CCN(CC(N)=S)C(=O)Cc1ccc(Cl)c(Cl)c1. The van der Waals surface area contributed by atoms with Gasteiger partial charge in [0.1, 0.15) is 0 Å². The van der Waals surface area contributed by atoms with Gasteiger partial charge < -0.3 is 10.6 Å². The van der Waals surface area contributed by atoms with Gasteiger partial charge in [-0.2, -0.15) is 0 Å². The van der Waals surface area contributed by atoms with Crippen LogP contribution in [0, 0.1) is 0 Å². The van der Waals surface area contributed by atoms with Gasteiger partial charge in [0.05, 0.1) is 28.0 Å². The van der Waals surface area contributed by atoms with Crippen molar-refractivity contribution in [3.63, 3.8) is 0 Å². The molecule has 0 radical (unpaired) electrons. The van der Waals surface area contributed by atoms with Crippen LogP contribution in [-0.2, 0) is 11.2 Å². The first-order chi connectivity index (χ1) is 8.43. The predicted molar refractivity (Wildman–Crippen MR) is 79.2 cm³/mol. The highest BCUT2D eigenvalue weighted by Crippen LogP contribution is 2.22. The molecule has 1 aromatic rings. The van der Waals surface area contributed by atoms with E-state index in [1.807, 2.05) is 6.92 Å². The maximum atomic E-state index is 12.0. The zero-order valence-corrected chi connectivity index (χ0v) is 12.3. The molecule has 1 amide bonds. The summed E-state index contributed by atoms with van der Waals surface area (Å²) in [5, 5.41) is 0.919. The normalized spacial score (nSPS) is 10.2. The number of carbonyl (C=O) groups is 1. The molecule has 0 atom stereocenters. The summed E-state index contributed by atoms with van der Waals surface area (Å²) in [5.41, 5.74) is 6.26. The van der Waals surface area contributed by atoms with Gasteiger partial charge in [0.2, 0.25) is 5.91 Å². The van der Waals surface area contributed by atoms with E-state index in [1.165, 1.54) is 0 Å². The van der Waals surface area contributed by atoms with Crippen LogP contribution in [-0.4, -0.2) is 28.9 Å². The lowest BCUT2D eigenvalue weighted by Crippen LogP contribution is -2.38. The second-order valence-electron chi connectivity index (χ2n) is 3.80. The molecule has 6 heteroatoms. The standard InChI is InChI=1S/C12H14Cl2N2OS/c1-2-16(7-11(15)18)12(17)6-8-3-4-9(13)10(14)5-8/h3-5H,2,6-7H2,1H3,(H2,15,18). The molecule has 0 aliphatic heterocycles. The number of nitrogens with two attached hydrogens (primary N) is 1. The summed E-state index contributed by atoms with van der Waals surface area (Å²) < 4.78 is 0. The molecule has 2 N–H and O–H groups in total. The van der Waals surface area contributed by atoms with Crippen LogP contribution in [0.5, 0.6) is 0 Å². The summed E-state index contributed by atoms with van der Waals surface area (Å²) >= 11 is 16.5. The minimum absolute atomic E-state index is 0.0383. The van der Waals surface area contributed by atoms with Crippen molar-refractivity contribution in [1.29, 1.82) is 0 Å². The van der Waals surface area contributed by atoms with Crippen LogP contribution in [0.25, 0.3) is 0 Å². The number of likely N-dealkylation sites (N-methyl/N-ethyl adjacent to an activating group) is 1. The molecule has 18 heavy (non-hydrogen) atoms. The van der Waals surface area contributed by atoms with Crippen LogP contribution in [0.1, 0.15) is 12.5 Å². The van der Waals surface area contributed by atoms with E-state index in [9.17, 15) is 4.79 Å². The first-order valence-corrected chi connectivity index (χ1v) is 6.60. The number of benzene rings is 1. The molecule has 0 saturated carbocycles. The zero-order valence-electron chi connectivity index (χ0n) is 9.95. The van der Waals surface area contributed by atoms with Crippen molar-refractivity contribution in [2.75, 3.05) is 13.1 Å². The number of halogens is 2. The lowest BCUT2D eigenvalue weighted by Gasteiger charge is -2.20. The fourth-order valence-electron chi connectivity index (χ4n) is 1.50. The maximum absolute atomic E-state index is 12.0. The third kappa shape index (κ3) is 4.44. The van der Waals surface area contributed by atoms with E-state index in [0.717, 1.165) is 5.56 Å². The second-order valence-corrected chi connectivity index (χ2v) is 5.14. The van der Waals surface area contributed by atoms with Crippen LogP contribution in [0.15, 0.2) is 18.2 Å². The Morgan fingerprint density at radius 1 is 1.39 bits per heavy atom. The first-order valence-electron chi connectivity index (χ1n) is 5.44. The summed E-state index contributed by atoms with van der Waals surface area (Å²) in [5.74, 6) is -0.0383. The Balaban J connectivity index is 2.73. The van der Waals surface area contributed by atoms with E-state index < -0.39 is 0 Å². The topological polar surface area (TPSA) is 46.3 Å². The molecule has 0 bridgehead atoms. The number of amides is 1. The van der Waals surface area contributed by atoms with E-state index in [1.54, 1.807) is 23.1 Å². The Labute approximate surface area is 122 Å². The molecular weight excluding hydrogens is 291 g/mol. The molecule has 0 spiro atoms. The molecule has 0 unspecified atom stereocenters. The Morgan fingerprint density at radius 3 is 2.56 bits per heavy atom. The van der Waals surface area contributed by atoms with E-state index >= 15 is 0 Å². The van der Waals surface area contributed by atoms with Crippen molar-refractivity contribution in [2.24, 2.45) is 5.73 Å². The summed E-state index contributed by atoms with van der Waals surface area (Å²) in [6.07, 6.45) is 0.257. The average molecular weight is 305 g/mol. The Bertz CT molecular complexity index is 465. The minimum atomic E-state index is -0.0383. The Morgan fingerprint density at radius 2 is 2.06 bits per heavy atom. The van der Waals surface area contributed by atoms with Gasteiger partial charge >= 0.3 is 0 Å². The van der Waals surface area contributed by atoms with Crippen LogP contribution in [0.2, 0.25) is 10.0 Å². The molecule has 1 aromatic carbocycles. The number of rotatable bonds is 5. The fourth-order valence-corrected chi connectivity index (χ4v) is 1.98. The molecule has 3 nitrogen and oxygen atoms in total. The van der Waals surface area contributed by atoms with Crippen molar-refractivity contribution in [3.05, 3.63) is 33.8 Å². The third-order valence-electron chi connectivity index (χ3n) is 2.42. The monoisotopic (exact) mass is 304 g/mol. The summed E-state index contributed by atoms with van der Waals surface area (Å²) in [6.45, 7) is 2.74. The van der Waals surface area contributed by atoms with Gasteiger partial charge in [0, 0.05) is 6.54 Å². The highest BCUT2D eigenvalue weighted by molar-refractivity contribution is 7.80. The van der Waals surface area contributed by atoms with E-state index in [4.69, 9.17) is 41.2 Å². The first kappa shape index (κ1) is 15.2. The van der Waals surface area contributed by atoms with Gasteiger partial charge in [-0.3, -0.25) is 4.79 Å². The van der Waals surface area contributed by atoms with Crippen LogP contribution in [0.4, 0.5) is 0 Å². The van der Waals surface area contributed by atoms with Crippen LogP contribution in [0.3, 0.4) is 0 Å². The second kappa shape index (κ2) is 6.92. The Hall–Kier alpha value is -0.840. The summed E-state index contributed by atoms with van der Waals surface area (Å²) in [6, 6.07) is 5.15. The molecule has 0 fully saturated rings. The number of hydrogen-bond acceptors (Lipinski definition) is 2. The zero-order chi connectivity index (χ0) is 13.7. The Kier molecular flexibility index (Phi) is 5.85. The maximum Gasteiger partial charge on any atom is 0.227 e. The largest absolute Gasteiger partial charge is 0.392 e. The molecule has 98 valence electrons. The highest BCUT2D eigenvalue weighted by atomic mass is 35.5. The van der Waals surface area contributed by atoms with Crippen LogP contribution >= 0.6 is 35.4 Å². The molecule has 0 saturated heterocycles. The predicted octanol–water partition coefficient (Wildman–Crippen LogP) is 2.67. The average Bonchev–Trinajstić information content (AvgIpc) is 2.30. The lowest BCUT2D eigenvalue weighted by atomic mass is 10.1. The van der Waals surface area contributed by atoms with Gasteiger partial charge in [-0.1, -0.05) is 41.5 Å². The number of nitrogens with zero attached hydrogens (tertiary/aromatic N) is 1. The van der Waals surface area contributed by atoms with E-state index in [-0.39, 0.29) is 12.3 Å². The van der Waals surface area contributed by atoms with Crippen molar-refractivity contribution in [2.45, 2.75) is 13.3 Å². The van der Waals surface area contributed by atoms with Crippen LogP contribution < -0.4 is 5.73 Å². The molecule has 0 aliphatic rings. The number of thiocarbonyl (C=S) groups is 1. The minimum Gasteiger partial charge on any atom is -0.392 e. The quantitative estimate of drug-likeness (QED) is 0.851. The van der Waals surface area contributed by atoms with Crippen molar-refractivity contribution < 1.29 is 4.79 Å². The summed E-state index contributed by atoms with van der Waals surface area (Å²) in [4.78, 5) is 13.9. The van der Waals surface area contributed by atoms with E-state index in [0.29, 0.717) is 28.1 Å². The van der Waals surface area contributed by atoms with E-state index in [2.05, 4.69) is 0 Å². The van der Waals surface area contributed by atoms with Crippen molar-refractivity contribution in [1.82, 2.24) is 4.90 Å². The number of carbonyl (C=O) groups excluding carboxylic acids is 1. The van der Waals surface area contributed by atoms with Gasteiger partial charge in [0.15, 0.2) is 0 Å². The summed E-state index contributed by atoms with van der Waals surface area (Å²) in [7, 11) is 0. The van der Waals surface area contributed by atoms with Gasteiger partial charge in [0.25, 0.3) is 0 Å². The van der Waals surface area contributed by atoms with Crippen molar-refractivity contribution in [3.8, 4) is 0 Å². The van der Waals surface area contributed by atoms with Gasteiger partial charge in [-0.25, -0.2) is 0 Å². The molecule has 0 aliphatic carbocycles.